The summed E-state index contributed by atoms with van der Waals surface area (Å²) in [7, 11) is 1.58. The second kappa shape index (κ2) is 7.66. The minimum Gasteiger partial charge on any atom is -0.506 e. The SMILES string of the molecule is COc1ccc2nc(Cl)c(/C=C/C(=O)c3cc(Br)cc(Cl)c3O)cc2c1. The molecule has 26 heavy (non-hydrogen) atoms. The summed E-state index contributed by atoms with van der Waals surface area (Å²) in [6.07, 6.45) is 2.86. The van der Waals surface area contributed by atoms with E-state index in [0.29, 0.717) is 15.8 Å². The van der Waals surface area contributed by atoms with Crippen molar-refractivity contribution in [1.82, 2.24) is 4.98 Å². The van der Waals surface area contributed by atoms with Crippen molar-refractivity contribution in [3.05, 3.63) is 68.2 Å². The third kappa shape index (κ3) is 3.85. The van der Waals surface area contributed by atoms with E-state index in [1.165, 1.54) is 18.2 Å². The van der Waals surface area contributed by atoms with Crippen LogP contribution in [0.3, 0.4) is 0 Å². The maximum Gasteiger partial charge on any atom is 0.189 e. The molecule has 3 aromatic rings. The summed E-state index contributed by atoms with van der Waals surface area (Å²) in [4.78, 5) is 16.7. The van der Waals surface area contributed by atoms with Crippen LogP contribution in [0.15, 0.2) is 46.9 Å². The van der Waals surface area contributed by atoms with Gasteiger partial charge in [0, 0.05) is 15.4 Å². The van der Waals surface area contributed by atoms with Crippen molar-refractivity contribution in [1.29, 1.82) is 0 Å². The predicted molar refractivity (Wildman–Crippen MR) is 107 cm³/mol. The van der Waals surface area contributed by atoms with Crippen LogP contribution in [-0.4, -0.2) is 23.0 Å². The highest BCUT2D eigenvalue weighted by molar-refractivity contribution is 9.10. The average molecular weight is 453 g/mol. The molecule has 0 radical (unpaired) electrons. The number of halogens is 3. The van der Waals surface area contributed by atoms with Crippen LogP contribution in [0.4, 0.5) is 0 Å². The molecule has 0 aliphatic rings. The molecule has 1 aromatic heterocycles. The zero-order valence-corrected chi connectivity index (χ0v) is 16.6. The number of methoxy groups -OCH3 is 1. The van der Waals surface area contributed by atoms with Crippen molar-refractivity contribution in [2.45, 2.75) is 0 Å². The van der Waals surface area contributed by atoms with Crippen molar-refractivity contribution in [3.63, 3.8) is 0 Å². The van der Waals surface area contributed by atoms with Crippen molar-refractivity contribution in [2.75, 3.05) is 7.11 Å². The highest BCUT2D eigenvalue weighted by Gasteiger charge is 2.13. The summed E-state index contributed by atoms with van der Waals surface area (Å²) < 4.78 is 5.80. The number of benzene rings is 2. The van der Waals surface area contributed by atoms with Gasteiger partial charge in [-0.3, -0.25) is 4.79 Å². The number of rotatable bonds is 4. The molecule has 0 saturated heterocycles. The molecule has 3 rings (SSSR count). The van der Waals surface area contributed by atoms with Gasteiger partial charge < -0.3 is 9.84 Å². The van der Waals surface area contributed by atoms with Gasteiger partial charge >= 0.3 is 0 Å². The van der Waals surface area contributed by atoms with E-state index in [1.807, 2.05) is 12.1 Å². The number of pyridine rings is 1. The molecule has 0 atom stereocenters. The lowest BCUT2D eigenvalue weighted by molar-refractivity contribution is 0.104. The highest BCUT2D eigenvalue weighted by atomic mass is 79.9. The Bertz CT molecular complexity index is 1050. The van der Waals surface area contributed by atoms with Crippen LogP contribution in [0.25, 0.3) is 17.0 Å². The number of ether oxygens (including phenoxy) is 1. The smallest absolute Gasteiger partial charge is 0.189 e. The Balaban J connectivity index is 1.97. The molecule has 7 heteroatoms. The molecule has 2 aromatic carbocycles. The number of nitrogens with zero attached hydrogens (tertiary/aromatic N) is 1. The van der Waals surface area contributed by atoms with Crippen LogP contribution in [0.5, 0.6) is 11.5 Å². The first-order valence-electron chi connectivity index (χ1n) is 7.44. The number of carbonyl (C=O) groups is 1. The van der Waals surface area contributed by atoms with E-state index in [0.717, 1.165) is 10.9 Å². The van der Waals surface area contributed by atoms with Gasteiger partial charge in [-0.1, -0.05) is 39.1 Å². The summed E-state index contributed by atoms with van der Waals surface area (Å²) in [5, 5.41) is 11.2. The van der Waals surface area contributed by atoms with Gasteiger partial charge in [-0.05, 0) is 48.6 Å². The van der Waals surface area contributed by atoms with Crippen molar-refractivity contribution >= 4 is 61.9 Å². The normalized spacial score (nSPS) is 11.2. The van der Waals surface area contributed by atoms with Crippen molar-refractivity contribution in [3.8, 4) is 11.5 Å². The molecular formula is C19H12BrCl2NO3. The summed E-state index contributed by atoms with van der Waals surface area (Å²) in [5.41, 5.74) is 1.38. The molecule has 0 aliphatic heterocycles. The Morgan fingerprint density at radius 3 is 2.73 bits per heavy atom. The third-order valence-electron chi connectivity index (χ3n) is 3.71. The van der Waals surface area contributed by atoms with Crippen LogP contribution in [0, 0.1) is 0 Å². The second-order valence-electron chi connectivity index (χ2n) is 5.41. The van der Waals surface area contributed by atoms with Gasteiger partial charge in [0.05, 0.1) is 23.2 Å². The molecule has 1 heterocycles. The van der Waals surface area contributed by atoms with E-state index in [-0.39, 0.29) is 21.5 Å². The summed E-state index contributed by atoms with van der Waals surface area (Å²) in [5.74, 6) is 0.0193. The second-order valence-corrected chi connectivity index (χ2v) is 7.09. The Morgan fingerprint density at radius 1 is 1.23 bits per heavy atom. The molecule has 132 valence electrons. The van der Waals surface area contributed by atoms with Gasteiger partial charge in [0.2, 0.25) is 0 Å². The number of aromatic nitrogens is 1. The van der Waals surface area contributed by atoms with Gasteiger partial charge in [0.1, 0.15) is 16.7 Å². The Kier molecular flexibility index (Phi) is 5.51. The largest absolute Gasteiger partial charge is 0.506 e. The molecule has 0 aliphatic carbocycles. The molecule has 0 unspecified atom stereocenters. The average Bonchev–Trinajstić information content (AvgIpc) is 2.62. The molecule has 0 amide bonds. The third-order valence-corrected chi connectivity index (χ3v) is 4.76. The molecular weight excluding hydrogens is 441 g/mol. The van der Waals surface area contributed by atoms with Crippen molar-refractivity contribution < 1.29 is 14.6 Å². The molecule has 0 spiro atoms. The quantitative estimate of drug-likeness (QED) is 0.303. The maximum absolute atomic E-state index is 12.4. The number of hydrogen-bond acceptors (Lipinski definition) is 4. The van der Waals surface area contributed by atoms with E-state index >= 15 is 0 Å². The number of fused-ring (bicyclic) bond motifs is 1. The van der Waals surface area contributed by atoms with Crippen LogP contribution < -0.4 is 4.74 Å². The first-order valence-corrected chi connectivity index (χ1v) is 8.98. The topological polar surface area (TPSA) is 59.4 Å². The summed E-state index contributed by atoms with van der Waals surface area (Å²) in [6.45, 7) is 0. The lowest BCUT2D eigenvalue weighted by Gasteiger charge is -2.06. The number of phenolic OH excluding ortho intramolecular Hbond substituents is 1. The number of ketones is 1. The maximum atomic E-state index is 12.4. The summed E-state index contributed by atoms with van der Waals surface area (Å²) >= 11 is 15.4. The monoisotopic (exact) mass is 451 g/mol. The van der Waals surface area contributed by atoms with Crippen LogP contribution in [0.2, 0.25) is 10.2 Å². The van der Waals surface area contributed by atoms with Crippen molar-refractivity contribution in [2.24, 2.45) is 0 Å². The fraction of sp³-hybridized carbons (Fsp3) is 0.0526. The first-order chi connectivity index (χ1) is 12.4. The highest BCUT2D eigenvalue weighted by Crippen LogP contribution is 2.32. The van der Waals surface area contributed by atoms with Crippen LogP contribution in [0.1, 0.15) is 15.9 Å². The fourth-order valence-electron chi connectivity index (χ4n) is 2.40. The van der Waals surface area contributed by atoms with Gasteiger partial charge in [-0.15, -0.1) is 0 Å². The molecule has 1 N–H and O–H groups in total. The lowest BCUT2D eigenvalue weighted by atomic mass is 10.1. The number of carbonyl (C=O) groups excluding carboxylic acids is 1. The Morgan fingerprint density at radius 2 is 2.00 bits per heavy atom. The zero-order chi connectivity index (χ0) is 18.8. The van der Waals surface area contributed by atoms with Gasteiger partial charge in [-0.25, -0.2) is 4.98 Å². The Hall–Kier alpha value is -2.08. The molecule has 0 saturated carbocycles. The Labute approximate surface area is 168 Å². The van der Waals surface area contributed by atoms with Gasteiger partial charge in [-0.2, -0.15) is 0 Å². The van der Waals surface area contributed by atoms with E-state index in [9.17, 15) is 9.90 Å². The number of phenols is 1. The molecule has 0 fully saturated rings. The lowest BCUT2D eigenvalue weighted by Crippen LogP contribution is -1.96. The van der Waals surface area contributed by atoms with Crippen LogP contribution in [-0.2, 0) is 0 Å². The summed E-state index contributed by atoms with van der Waals surface area (Å²) in [6, 6.07) is 10.3. The molecule has 0 bridgehead atoms. The molecule has 4 nitrogen and oxygen atoms in total. The van der Waals surface area contributed by atoms with Gasteiger partial charge in [0.25, 0.3) is 0 Å². The zero-order valence-electron chi connectivity index (χ0n) is 13.5. The van der Waals surface area contributed by atoms with E-state index < -0.39 is 5.78 Å². The fourth-order valence-corrected chi connectivity index (χ4v) is 3.42. The van der Waals surface area contributed by atoms with Gasteiger partial charge in [0.15, 0.2) is 5.78 Å². The minimum atomic E-state index is -0.410. The standard InChI is InChI=1S/C19H12BrCl2NO3/c1-26-13-3-4-16-11(7-13)6-10(19(22)23-16)2-5-17(24)14-8-12(20)9-15(21)18(14)25/h2-9,25H,1H3/b5-2+. The van der Waals surface area contributed by atoms with E-state index in [2.05, 4.69) is 20.9 Å². The van der Waals surface area contributed by atoms with Crippen LogP contribution >= 0.6 is 39.1 Å². The number of allylic oxidation sites excluding steroid dienone is 1. The predicted octanol–water partition coefficient (Wildman–Crippen LogP) is 5.91. The van der Waals surface area contributed by atoms with E-state index in [4.69, 9.17) is 27.9 Å². The first kappa shape index (κ1) is 18.7. The number of aromatic hydroxyl groups is 1. The number of hydrogen-bond donors (Lipinski definition) is 1. The minimum absolute atomic E-state index is 0.0900. The van der Waals surface area contributed by atoms with E-state index in [1.54, 1.807) is 25.3 Å².